The third kappa shape index (κ3) is 16.8. The monoisotopic (exact) mass is 476 g/mol. The Morgan fingerprint density at radius 1 is 0.879 bits per heavy atom. The molecule has 1 fully saturated rings. The first-order valence-electron chi connectivity index (χ1n) is 13.0. The average molecular weight is 477 g/mol. The van der Waals surface area contributed by atoms with Crippen molar-refractivity contribution in [2.24, 2.45) is 5.92 Å². The van der Waals surface area contributed by atoms with Gasteiger partial charge in [0.15, 0.2) is 5.11 Å². The zero-order chi connectivity index (χ0) is 24.0. The van der Waals surface area contributed by atoms with E-state index in [-0.39, 0.29) is 12.2 Å². The lowest BCUT2D eigenvalue weighted by Crippen LogP contribution is -2.42. The van der Waals surface area contributed by atoms with Gasteiger partial charge in [-0.1, -0.05) is 68.4 Å². The second-order valence-electron chi connectivity index (χ2n) is 8.89. The number of allylic oxidation sites excluding steroid dienone is 8. The van der Waals surface area contributed by atoms with Crippen LogP contribution >= 0.6 is 12.2 Å². The van der Waals surface area contributed by atoms with Crippen LogP contribution in [0.1, 0.15) is 84.0 Å². The predicted octanol–water partition coefficient (Wildman–Crippen LogP) is 6.38. The number of hydrogen-bond donors (Lipinski definition) is 3. The van der Waals surface area contributed by atoms with Crippen LogP contribution in [0.15, 0.2) is 48.6 Å². The number of unbranched alkanes of at least 4 members (excludes halogenated alkanes) is 4. The van der Waals surface area contributed by atoms with Gasteiger partial charge in [-0.05, 0) is 82.3 Å². The number of nitrogens with one attached hydrogen (secondary N) is 2. The predicted molar refractivity (Wildman–Crippen MR) is 147 cm³/mol. The first-order valence-corrected chi connectivity index (χ1v) is 13.4. The molecule has 3 N–H and O–H groups in total. The minimum Gasteiger partial charge on any atom is -0.390 e. The summed E-state index contributed by atoms with van der Waals surface area (Å²) in [5.41, 5.74) is 0. The summed E-state index contributed by atoms with van der Waals surface area (Å²) in [4.78, 5) is 0. The van der Waals surface area contributed by atoms with Crippen LogP contribution in [0.5, 0.6) is 0 Å². The Hall–Kier alpha value is -1.43. The molecule has 0 aliphatic heterocycles. The topological polar surface area (TPSA) is 53.5 Å². The fourth-order valence-corrected chi connectivity index (χ4v) is 4.10. The van der Waals surface area contributed by atoms with Crippen molar-refractivity contribution < 1.29 is 9.84 Å². The third-order valence-corrected chi connectivity index (χ3v) is 6.30. The van der Waals surface area contributed by atoms with Gasteiger partial charge in [-0.15, -0.1) is 0 Å². The second kappa shape index (κ2) is 21.1. The van der Waals surface area contributed by atoms with Gasteiger partial charge in [0, 0.05) is 20.2 Å². The van der Waals surface area contributed by atoms with E-state index in [0.717, 1.165) is 69.6 Å². The smallest absolute Gasteiger partial charge is 0.166 e. The molecule has 3 unspecified atom stereocenters. The number of methoxy groups -OCH3 is 1. The average Bonchev–Trinajstić information content (AvgIpc) is 2.82. The van der Waals surface area contributed by atoms with Gasteiger partial charge in [-0.3, -0.25) is 0 Å². The molecule has 0 saturated heterocycles. The van der Waals surface area contributed by atoms with Crippen LogP contribution in [0, 0.1) is 5.92 Å². The van der Waals surface area contributed by atoms with Crippen molar-refractivity contribution in [2.45, 2.75) is 96.2 Å². The maximum atomic E-state index is 9.89. The van der Waals surface area contributed by atoms with Gasteiger partial charge < -0.3 is 20.5 Å². The molecule has 0 heterocycles. The maximum absolute atomic E-state index is 9.89. The van der Waals surface area contributed by atoms with Gasteiger partial charge >= 0.3 is 0 Å². The number of rotatable bonds is 17. The summed E-state index contributed by atoms with van der Waals surface area (Å²) in [6, 6.07) is 0. The SMILES string of the molecule is CCCCC/C=C\C/C=C\C/C=C\C/C=C\CCCNC(=S)NCC1CCC(O)C(OC)C1. The zero-order valence-electron chi connectivity index (χ0n) is 21.0. The summed E-state index contributed by atoms with van der Waals surface area (Å²) >= 11 is 5.38. The summed E-state index contributed by atoms with van der Waals surface area (Å²) < 4.78 is 5.37. The Morgan fingerprint density at radius 3 is 2.09 bits per heavy atom. The number of aliphatic hydroxyl groups excluding tert-OH is 1. The van der Waals surface area contributed by atoms with Crippen molar-refractivity contribution in [3.8, 4) is 0 Å². The van der Waals surface area contributed by atoms with Gasteiger partial charge in [0.1, 0.15) is 0 Å². The van der Waals surface area contributed by atoms with Crippen LogP contribution in [0.2, 0.25) is 0 Å². The lowest BCUT2D eigenvalue weighted by molar-refractivity contribution is -0.0496. The number of aliphatic hydroxyl groups is 1. The Bertz CT molecular complexity index is 601. The second-order valence-corrected chi connectivity index (χ2v) is 9.30. The van der Waals surface area contributed by atoms with Crippen LogP contribution in [-0.4, -0.2) is 42.6 Å². The number of hydrogen-bond acceptors (Lipinski definition) is 3. The van der Waals surface area contributed by atoms with Crippen LogP contribution in [0.4, 0.5) is 0 Å². The van der Waals surface area contributed by atoms with Gasteiger partial charge in [0.05, 0.1) is 12.2 Å². The van der Waals surface area contributed by atoms with Crippen molar-refractivity contribution in [1.29, 1.82) is 0 Å². The Morgan fingerprint density at radius 2 is 1.48 bits per heavy atom. The first-order chi connectivity index (χ1) is 16.2. The fourth-order valence-electron chi connectivity index (χ4n) is 3.92. The molecule has 4 nitrogen and oxygen atoms in total. The van der Waals surface area contributed by atoms with E-state index in [1.807, 2.05) is 0 Å². The molecule has 0 aromatic rings. The highest BCUT2D eigenvalue weighted by atomic mass is 32.1. The molecule has 0 aromatic heterocycles. The van der Waals surface area contributed by atoms with Crippen molar-refractivity contribution in [2.75, 3.05) is 20.2 Å². The summed E-state index contributed by atoms with van der Waals surface area (Å²) in [6.07, 6.45) is 30.7. The molecule has 0 spiro atoms. The molecule has 1 aliphatic rings. The molecule has 1 aliphatic carbocycles. The van der Waals surface area contributed by atoms with Crippen LogP contribution in [-0.2, 0) is 4.74 Å². The minimum atomic E-state index is -0.325. The van der Waals surface area contributed by atoms with E-state index in [0.29, 0.717) is 5.92 Å². The molecule has 1 rings (SSSR count). The molecular weight excluding hydrogens is 428 g/mol. The lowest BCUT2D eigenvalue weighted by atomic mass is 9.85. The molecule has 5 heteroatoms. The molecule has 0 bridgehead atoms. The minimum absolute atomic E-state index is 0.0440. The van der Waals surface area contributed by atoms with Crippen LogP contribution in [0.25, 0.3) is 0 Å². The highest BCUT2D eigenvalue weighted by Crippen LogP contribution is 2.25. The molecule has 1 saturated carbocycles. The number of thiocarbonyl (C=S) groups is 1. The fraction of sp³-hybridized carbons (Fsp3) is 0.679. The maximum Gasteiger partial charge on any atom is 0.166 e. The summed E-state index contributed by atoms with van der Waals surface area (Å²) in [5.74, 6) is 0.502. The molecule has 33 heavy (non-hydrogen) atoms. The Labute approximate surface area is 208 Å². The van der Waals surface area contributed by atoms with E-state index in [2.05, 4.69) is 66.2 Å². The van der Waals surface area contributed by atoms with E-state index in [4.69, 9.17) is 17.0 Å². The van der Waals surface area contributed by atoms with Gasteiger partial charge in [0.2, 0.25) is 0 Å². The van der Waals surface area contributed by atoms with Crippen molar-refractivity contribution in [3.63, 3.8) is 0 Å². The first kappa shape index (κ1) is 29.6. The summed E-state index contributed by atoms with van der Waals surface area (Å²) in [5, 5.41) is 17.2. The van der Waals surface area contributed by atoms with E-state index in [1.54, 1.807) is 7.11 Å². The van der Waals surface area contributed by atoms with Gasteiger partial charge in [0.25, 0.3) is 0 Å². The molecule has 0 aromatic carbocycles. The summed E-state index contributed by atoms with van der Waals surface area (Å²) in [7, 11) is 1.68. The third-order valence-electron chi connectivity index (χ3n) is 6.01. The van der Waals surface area contributed by atoms with Crippen molar-refractivity contribution in [3.05, 3.63) is 48.6 Å². The van der Waals surface area contributed by atoms with Crippen molar-refractivity contribution in [1.82, 2.24) is 10.6 Å². The van der Waals surface area contributed by atoms with E-state index in [1.165, 1.54) is 25.7 Å². The van der Waals surface area contributed by atoms with Gasteiger partial charge in [-0.2, -0.15) is 0 Å². The Balaban J connectivity index is 1.94. The van der Waals surface area contributed by atoms with E-state index < -0.39 is 0 Å². The largest absolute Gasteiger partial charge is 0.390 e. The lowest BCUT2D eigenvalue weighted by Gasteiger charge is -2.32. The van der Waals surface area contributed by atoms with Crippen molar-refractivity contribution >= 4 is 17.3 Å². The Kier molecular flexibility index (Phi) is 19.0. The molecule has 0 amide bonds. The van der Waals surface area contributed by atoms with Gasteiger partial charge in [-0.25, -0.2) is 0 Å². The van der Waals surface area contributed by atoms with E-state index >= 15 is 0 Å². The summed E-state index contributed by atoms with van der Waals surface area (Å²) in [6.45, 7) is 3.97. The number of ether oxygens (including phenoxy) is 1. The zero-order valence-corrected chi connectivity index (χ0v) is 21.8. The highest BCUT2D eigenvalue weighted by molar-refractivity contribution is 7.80. The molecule has 0 radical (unpaired) electrons. The molecule has 188 valence electrons. The standard InChI is InChI=1S/C28H48N2O2S/c1-3-4-5-6-7-8-9-10-11-12-13-14-15-16-17-18-19-22-29-28(33)30-24-25-20-21-26(31)27(23-25)32-2/h7-8,10-11,13-14,16-17,25-27,31H,3-6,9,12,15,18-24H2,1-2H3,(H2,29,30,33)/b8-7-,11-10-,14-13-,17-16-. The molecular formula is C28H48N2O2S. The van der Waals surface area contributed by atoms with Crippen LogP contribution in [0.3, 0.4) is 0 Å². The highest BCUT2D eigenvalue weighted by Gasteiger charge is 2.28. The molecule has 3 atom stereocenters. The van der Waals surface area contributed by atoms with E-state index in [9.17, 15) is 5.11 Å². The quantitative estimate of drug-likeness (QED) is 0.129. The normalized spacial score (nSPS) is 21.6. The van der Waals surface area contributed by atoms with Crippen LogP contribution < -0.4 is 10.6 Å².